The van der Waals surface area contributed by atoms with Crippen LogP contribution in [0.15, 0.2) is 22.9 Å². The molecule has 0 aliphatic carbocycles. The van der Waals surface area contributed by atoms with Crippen molar-refractivity contribution < 1.29 is 4.79 Å². The zero-order valence-corrected chi connectivity index (χ0v) is 11.8. The average Bonchev–Trinajstić information content (AvgIpc) is 2.36. The van der Waals surface area contributed by atoms with Gasteiger partial charge in [0.05, 0.1) is 11.1 Å². The molecular formula is C12H18BrN3O. The lowest BCUT2D eigenvalue weighted by Crippen LogP contribution is -2.52. The van der Waals surface area contributed by atoms with E-state index in [0.717, 1.165) is 17.3 Å². The topological polar surface area (TPSA) is 68.0 Å². The van der Waals surface area contributed by atoms with E-state index in [1.165, 1.54) is 0 Å². The van der Waals surface area contributed by atoms with Gasteiger partial charge in [-0.05, 0) is 34.8 Å². The number of aromatic nitrogens is 1. The van der Waals surface area contributed by atoms with E-state index in [-0.39, 0.29) is 11.4 Å². The van der Waals surface area contributed by atoms with E-state index in [9.17, 15) is 4.79 Å². The number of carbonyl (C=O) groups excluding carboxylic acids is 1. The van der Waals surface area contributed by atoms with Crippen LogP contribution in [0.5, 0.6) is 0 Å². The molecular weight excluding hydrogens is 282 g/mol. The van der Waals surface area contributed by atoms with Crippen LogP contribution < -0.4 is 11.1 Å². The Bertz CT molecular complexity index is 383. The number of hydrogen-bond donors (Lipinski definition) is 2. The molecule has 1 aromatic rings. The van der Waals surface area contributed by atoms with Crippen LogP contribution in [-0.2, 0) is 0 Å². The zero-order chi connectivity index (χ0) is 12.9. The van der Waals surface area contributed by atoms with Crippen molar-refractivity contribution in [3.8, 4) is 0 Å². The molecule has 4 nitrogen and oxygen atoms in total. The summed E-state index contributed by atoms with van der Waals surface area (Å²) in [6, 6.07) is 1.74. The van der Waals surface area contributed by atoms with Crippen molar-refractivity contribution in [1.29, 1.82) is 0 Å². The minimum atomic E-state index is -0.320. The Morgan fingerprint density at radius 2 is 2.12 bits per heavy atom. The van der Waals surface area contributed by atoms with E-state index in [4.69, 9.17) is 5.73 Å². The van der Waals surface area contributed by atoms with Crippen molar-refractivity contribution in [3.05, 3.63) is 28.5 Å². The van der Waals surface area contributed by atoms with Crippen LogP contribution in [0.25, 0.3) is 0 Å². The predicted octanol–water partition coefficient (Wildman–Crippen LogP) is 2.09. The van der Waals surface area contributed by atoms with Gasteiger partial charge in [0.25, 0.3) is 5.91 Å². The Balaban J connectivity index is 2.84. The lowest BCUT2D eigenvalue weighted by Gasteiger charge is -2.31. The summed E-state index contributed by atoms with van der Waals surface area (Å²) in [5.41, 5.74) is 5.97. The number of pyridine rings is 1. The molecule has 1 amide bonds. The Morgan fingerprint density at radius 3 is 2.59 bits per heavy atom. The summed E-state index contributed by atoms with van der Waals surface area (Å²) in [7, 11) is 0. The summed E-state index contributed by atoms with van der Waals surface area (Å²) in [6.07, 6.45) is 4.82. The summed E-state index contributed by atoms with van der Waals surface area (Å²) < 4.78 is 0.788. The smallest absolute Gasteiger partial charge is 0.253 e. The quantitative estimate of drug-likeness (QED) is 0.875. The maximum absolute atomic E-state index is 12.1. The maximum Gasteiger partial charge on any atom is 0.253 e. The zero-order valence-electron chi connectivity index (χ0n) is 10.2. The van der Waals surface area contributed by atoms with E-state index in [2.05, 4.69) is 26.2 Å². The summed E-state index contributed by atoms with van der Waals surface area (Å²) in [5, 5.41) is 3.00. The van der Waals surface area contributed by atoms with Gasteiger partial charge in [0.1, 0.15) is 0 Å². The van der Waals surface area contributed by atoms with Gasteiger partial charge in [0.2, 0.25) is 0 Å². The monoisotopic (exact) mass is 299 g/mol. The number of nitrogens with one attached hydrogen (secondary N) is 1. The first-order valence-corrected chi connectivity index (χ1v) is 6.49. The summed E-state index contributed by atoms with van der Waals surface area (Å²) >= 11 is 3.29. The Morgan fingerprint density at radius 1 is 1.47 bits per heavy atom. The highest BCUT2D eigenvalue weighted by atomic mass is 79.9. The molecule has 0 saturated heterocycles. The van der Waals surface area contributed by atoms with Crippen LogP contribution in [0.2, 0.25) is 0 Å². The van der Waals surface area contributed by atoms with Crippen LogP contribution in [0.4, 0.5) is 0 Å². The van der Waals surface area contributed by atoms with Gasteiger partial charge in [-0.15, -0.1) is 0 Å². The Kier molecular flexibility index (Phi) is 5.08. The van der Waals surface area contributed by atoms with Crippen LogP contribution in [-0.4, -0.2) is 23.0 Å². The fourth-order valence-electron chi connectivity index (χ4n) is 1.62. The third-order valence-corrected chi connectivity index (χ3v) is 3.52. The molecule has 0 fully saturated rings. The normalized spacial score (nSPS) is 11.3. The lowest BCUT2D eigenvalue weighted by molar-refractivity contribution is 0.0895. The molecule has 0 unspecified atom stereocenters. The summed E-state index contributed by atoms with van der Waals surface area (Å²) in [5.74, 6) is -0.132. The van der Waals surface area contributed by atoms with Crippen molar-refractivity contribution in [2.45, 2.75) is 32.2 Å². The third kappa shape index (κ3) is 3.51. The third-order valence-electron chi connectivity index (χ3n) is 3.09. The minimum absolute atomic E-state index is 0.132. The van der Waals surface area contributed by atoms with E-state index < -0.39 is 0 Å². The van der Waals surface area contributed by atoms with E-state index in [1.807, 2.05) is 13.8 Å². The standard InChI is InChI=1S/C12H18BrN3O/c1-3-12(4-2,8-14)16-11(17)9-5-10(13)7-15-6-9/h5-7H,3-4,8,14H2,1-2H3,(H,16,17). The molecule has 0 aliphatic heterocycles. The highest BCUT2D eigenvalue weighted by Crippen LogP contribution is 2.15. The molecule has 0 aromatic carbocycles. The van der Waals surface area contributed by atoms with Crippen LogP contribution in [0.3, 0.4) is 0 Å². The molecule has 94 valence electrons. The van der Waals surface area contributed by atoms with Gasteiger partial charge < -0.3 is 11.1 Å². The predicted molar refractivity (Wildman–Crippen MR) is 71.8 cm³/mol. The molecule has 3 N–H and O–H groups in total. The molecule has 1 rings (SSSR count). The number of hydrogen-bond acceptors (Lipinski definition) is 3. The fraction of sp³-hybridized carbons (Fsp3) is 0.500. The number of nitrogens with zero attached hydrogens (tertiary/aromatic N) is 1. The first-order chi connectivity index (χ1) is 8.06. The largest absolute Gasteiger partial charge is 0.345 e. The summed E-state index contributed by atoms with van der Waals surface area (Å²) in [4.78, 5) is 16.0. The van der Waals surface area contributed by atoms with Gasteiger partial charge in [0, 0.05) is 23.4 Å². The first-order valence-electron chi connectivity index (χ1n) is 5.70. The fourth-order valence-corrected chi connectivity index (χ4v) is 1.98. The molecule has 0 radical (unpaired) electrons. The van der Waals surface area contributed by atoms with Crippen molar-refractivity contribution >= 4 is 21.8 Å². The lowest BCUT2D eigenvalue weighted by atomic mass is 9.92. The SMILES string of the molecule is CCC(CC)(CN)NC(=O)c1cncc(Br)c1. The van der Waals surface area contributed by atoms with Crippen LogP contribution >= 0.6 is 15.9 Å². The van der Waals surface area contributed by atoms with E-state index in [1.54, 1.807) is 18.5 Å². The highest BCUT2D eigenvalue weighted by molar-refractivity contribution is 9.10. The minimum Gasteiger partial charge on any atom is -0.345 e. The van der Waals surface area contributed by atoms with Gasteiger partial charge in [0.15, 0.2) is 0 Å². The maximum atomic E-state index is 12.1. The Hall–Kier alpha value is -0.940. The molecule has 5 heteroatoms. The molecule has 1 aromatic heterocycles. The Labute approximate surface area is 110 Å². The molecule has 0 saturated carbocycles. The second-order valence-electron chi connectivity index (χ2n) is 4.04. The van der Waals surface area contributed by atoms with Gasteiger partial charge in [-0.2, -0.15) is 0 Å². The number of rotatable bonds is 5. The summed E-state index contributed by atoms with van der Waals surface area (Å²) in [6.45, 7) is 4.48. The number of nitrogens with two attached hydrogens (primary N) is 1. The van der Waals surface area contributed by atoms with Crippen LogP contribution in [0, 0.1) is 0 Å². The van der Waals surface area contributed by atoms with Crippen molar-refractivity contribution in [2.75, 3.05) is 6.54 Å². The van der Waals surface area contributed by atoms with E-state index in [0.29, 0.717) is 12.1 Å². The number of carbonyl (C=O) groups is 1. The average molecular weight is 300 g/mol. The van der Waals surface area contributed by atoms with Gasteiger partial charge >= 0.3 is 0 Å². The second-order valence-corrected chi connectivity index (χ2v) is 4.95. The van der Waals surface area contributed by atoms with Gasteiger partial charge in [-0.3, -0.25) is 9.78 Å². The number of halogens is 1. The van der Waals surface area contributed by atoms with Gasteiger partial charge in [-0.25, -0.2) is 0 Å². The molecule has 0 atom stereocenters. The molecule has 0 spiro atoms. The van der Waals surface area contributed by atoms with Crippen molar-refractivity contribution in [3.63, 3.8) is 0 Å². The van der Waals surface area contributed by atoms with Crippen molar-refractivity contribution in [2.24, 2.45) is 5.73 Å². The second kappa shape index (κ2) is 6.12. The highest BCUT2D eigenvalue weighted by Gasteiger charge is 2.26. The molecule has 0 bridgehead atoms. The molecule has 0 aliphatic rings. The van der Waals surface area contributed by atoms with E-state index >= 15 is 0 Å². The first kappa shape index (κ1) is 14.1. The molecule has 17 heavy (non-hydrogen) atoms. The van der Waals surface area contributed by atoms with Crippen LogP contribution in [0.1, 0.15) is 37.0 Å². The van der Waals surface area contributed by atoms with Gasteiger partial charge in [-0.1, -0.05) is 13.8 Å². The number of amides is 1. The molecule has 1 heterocycles. The van der Waals surface area contributed by atoms with Crippen molar-refractivity contribution in [1.82, 2.24) is 10.3 Å².